The number of benzene rings is 2. The van der Waals surface area contributed by atoms with Crippen LogP contribution < -0.4 is 14.8 Å². The van der Waals surface area contributed by atoms with Crippen LogP contribution in [0.1, 0.15) is 17.5 Å². The number of para-hydroxylation sites is 1. The molecule has 1 aromatic heterocycles. The van der Waals surface area contributed by atoms with E-state index in [1.807, 2.05) is 18.2 Å². The van der Waals surface area contributed by atoms with E-state index in [1.165, 1.54) is 12.1 Å². The number of nitro groups is 1. The van der Waals surface area contributed by atoms with E-state index in [9.17, 15) is 15.4 Å². The van der Waals surface area contributed by atoms with Gasteiger partial charge in [0.1, 0.15) is 5.82 Å². The van der Waals surface area contributed by atoms with Crippen molar-refractivity contribution in [3.8, 4) is 17.6 Å². The fraction of sp³-hybridized carbons (Fsp3) is 0.200. The molecule has 8 heteroatoms. The third-order valence-electron chi connectivity index (χ3n) is 4.44. The fourth-order valence-electron chi connectivity index (χ4n) is 3.09. The van der Waals surface area contributed by atoms with Gasteiger partial charge < -0.3 is 14.8 Å². The summed E-state index contributed by atoms with van der Waals surface area (Å²) in [4.78, 5) is 15.0. The summed E-state index contributed by atoms with van der Waals surface area (Å²) in [7, 11) is 0. The summed E-state index contributed by atoms with van der Waals surface area (Å²) in [6.07, 6.45) is 0.825. The van der Waals surface area contributed by atoms with Gasteiger partial charge in [-0.3, -0.25) is 10.1 Å². The van der Waals surface area contributed by atoms with Crippen LogP contribution in [0.15, 0.2) is 42.5 Å². The Morgan fingerprint density at radius 2 is 2.07 bits per heavy atom. The lowest BCUT2D eigenvalue weighted by atomic mass is 10.1. The molecule has 0 fully saturated rings. The quantitative estimate of drug-likeness (QED) is 0.545. The van der Waals surface area contributed by atoms with Gasteiger partial charge in [0.2, 0.25) is 0 Å². The minimum Gasteiger partial charge on any atom is -0.490 e. The molecule has 2 aromatic carbocycles. The molecule has 8 nitrogen and oxygen atoms in total. The van der Waals surface area contributed by atoms with Gasteiger partial charge in [-0.05, 0) is 18.2 Å². The predicted octanol–water partition coefficient (Wildman–Crippen LogP) is 3.79. The van der Waals surface area contributed by atoms with Crippen molar-refractivity contribution in [3.05, 3.63) is 63.7 Å². The van der Waals surface area contributed by atoms with Crippen LogP contribution in [-0.4, -0.2) is 23.1 Å². The molecule has 3 aromatic rings. The maximum Gasteiger partial charge on any atom is 0.270 e. The minimum absolute atomic E-state index is 0.0735. The van der Waals surface area contributed by atoms with Crippen LogP contribution in [0.4, 0.5) is 11.5 Å². The normalized spacial score (nSPS) is 12.8. The van der Waals surface area contributed by atoms with Gasteiger partial charge in [-0.1, -0.05) is 12.1 Å². The van der Waals surface area contributed by atoms with Gasteiger partial charge in [0.25, 0.3) is 5.69 Å². The number of hydrogen-bond donors (Lipinski definition) is 1. The Kier molecular flexibility index (Phi) is 4.64. The largest absolute Gasteiger partial charge is 0.490 e. The summed E-state index contributed by atoms with van der Waals surface area (Å²) in [5.41, 5.74) is 1.68. The Morgan fingerprint density at radius 3 is 2.89 bits per heavy atom. The van der Waals surface area contributed by atoms with Gasteiger partial charge in [-0.25, -0.2) is 4.98 Å². The molecule has 0 bridgehead atoms. The third kappa shape index (κ3) is 3.38. The number of rotatable bonds is 4. The van der Waals surface area contributed by atoms with E-state index in [-0.39, 0.29) is 5.69 Å². The van der Waals surface area contributed by atoms with Crippen LogP contribution in [-0.2, 0) is 6.54 Å². The van der Waals surface area contributed by atoms with Gasteiger partial charge in [0.15, 0.2) is 11.5 Å². The smallest absolute Gasteiger partial charge is 0.270 e. The number of nitrogens with one attached hydrogen (secondary N) is 1. The van der Waals surface area contributed by atoms with Gasteiger partial charge in [-0.2, -0.15) is 5.26 Å². The van der Waals surface area contributed by atoms with Crippen molar-refractivity contribution in [2.24, 2.45) is 0 Å². The van der Waals surface area contributed by atoms with Crippen LogP contribution in [0, 0.1) is 21.4 Å². The number of ether oxygens (including phenoxy) is 2. The summed E-state index contributed by atoms with van der Waals surface area (Å²) in [6.45, 7) is 1.65. The van der Waals surface area contributed by atoms with E-state index in [1.54, 1.807) is 12.1 Å². The monoisotopic (exact) mass is 376 g/mol. The third-order valence-corrected chi connectivity index (χ3v) is 4.44. The van der Waals surface area contributed by atoms with Gasteiger partial charge in [0, 0.05) is 36.0 Å². The number of hydrogen-bond acceptors (Lipinski definition) is 7. The highest BCUT2D eigenvalue weighted by atomic mass is 16.6. The Morgan fingerprint density at radius 1 is 1.21 bits per heavy atom. The van der Waals surface area contributed by atoms with Crippen molar-refractivity contribution < 1.29 is 14.4 Å². The summed E-state index contributed by atoms with van der Waals surface area (Å²) in [5, 5.41) is 24.1. The van der Waals surface area contributed by atoms with Crippen molar-refractivity contribution in [1.82, 2.24) is 4.98 Å². The second-order valence-electron chi connectivity index (χ2n) is 6.27. The van der Waals surface area contributed by atoms with Crippen LogP contribution in [0.5, 0.6) is 11.5 Å². The molecule has 1 aliphatic rings. The molecule has 0 atom stereocenters. The van der Waals surface area contributed by atoms with E-state index in [0.29, 0.717) is 53.5 Å². The number of non-ortho nitro benzene ring substituents is 1. The highest BCUT2D eigenvalue weighted by Gasteiger charge is 2.15. The minimum atomic E-state index is -0.490. The van der Waals surface area contributed by atoms with Gasteiger partial charge in [-0.15, -0.1) is 0 Å². The average molecular weight is 376 g/mol. The molecular formula is C20H16N4O4. The molecule has 28 heavy (non-hydrogen) atoms. The second kappa shape index (κ2) is 7.40. The van der Waals surface area contributed by atoms with Gasteiger partial charge >= 0.3 is 0 Å². The number of fused-ring (bicyclic) bond motifs is 2. The Hall–Kier alpha value is -3.86. The first-order valence-electron chi connectivity index (χ1n) is 8.76. The van der Waals surface area contributed by atoms with Crippen molar-refractivity contribution in [2.45, 2.75) is 13.0 Å². The van der Waals surface area contributed by atoms with Crippen molar-refractivity contribution in [1.29, 1.82) is 5.26 Å². The molecule has 0 saturated carbocycles. The molecular weight excluding hydrogens is 360 g/mol. The summed E-state index contributed by atoms with van der Waals surface area (Å²) >= 11 is 0. The van der Waals surface area contributed by atoms with E-state index in [0.717, 1.165) is 12.0 Å². The predicted molar refractivity (Wildman–Crippen MR) is 102 cm³/mol. The van der Waals surface area contributed by atoms with Gasteiger partial charge in [0.05, 0.1) is 35.3 Å². The Bertz CT molecular complexity index is 1110. The topological polar surface area (TPSA) is 110 Å². The lowest BCUT2D eigenvalue weighted by molar-refractivity contribution is -0.384. The van der Waals surface area contributed by atoms with E-state index in [2.05, 4.69) is 16.4 Å². The zero-order valence-corrected chi connectivity index (χ0v) is 14.8. The lowest BCUT2D eigenvalue weighted by Crippen LogP contribution is -2.05. The molecule has 1 aliphatic heterocycles. The molecule has 0 saturated heterocycles. The maximum absolute atomic E-state index is 11.0. The molecule has 0 spiro atoms. The average Bonchev–Trinajstić information content (AvgIpc) is 2.97. The first kappa shape index (κ1) is 17.5. The van der Waals surface area contributed by atoms with Crippen molar-refractivity contribution in [3.63, 3.8) is 0 Å². The lowest BCUT2D eigenvalue weighted by Gasteiger charge is -2.14. The van der Waals surface area contributed by atoms with E-state index >= 15 is 0 Å². The Balaban J connectivity index is 1.63. The number of nitriles is 1. The maximum atomic E-state index is 11.0. The summed E-state index contributed by atoms with van der Waals surface area (Å²) in [5.74, 6) is 1.93. The molecule has 0 aliphatic carbocycles. The molecule has 2 heterocycles. The standard InChI is InChI=1S/C20H16N4O4/c21-11-14-9-19(23-17-6-5-15(24(25)26)10-16(14)17)22-12-13-3-1-4-18-20(13)28-8-2-7-27-18/h1,3-6,9-10H,2,7-8,12H2,(H,22,23). The Labute approximate surface area is 160 Å². The van der Waals surface area contributed by atoms with E-state index in [4.69, 9.17) is 9.47 Å². The number of nitro benzene ring substituents is 1. The number of anilines is 1. The van der Waals surface area contributed by atoms with Crippen LogP contribution in [0.25, 0.3) is 10.9 Å². The zero-order chi connectivity index (χ0) is 19.5. The molecule has 140 valence electrons. The first-order valence-corrected chi connectivity index (χ1v) is 8.76. The first-order chi connectivity index (χ1) is 13.7. The zero-order valence-electron chi connectivity index (χ0n) is 14.8. The summed E-state index contributed by atoms with van der Waals surface area (Å²) in [6, 6.07) is 13.7. The van der Waals surface area contributed by atoms with Crippen molar-refractivity contribution >= 4 is 22.4 Å². The fourth-order valence-corrected chi connectivity index (χ4v) is 3.09. The molecule has 0 amide bonds. The second-order valence-corrected chi connectivity index (χ2v) is 6.27. The number of pyridine rings is 1. The number of aromatic nitrogens is 1. The van der Waals surface area contributed by atoms with Crippen molar-refractivity contribution in [2.75, 3.05) is 18.5 Å². The van der Waals surface area contributed by atoms with Crippen LogP contribution in [0.2, 0.25) is 0 Å². The van der Waals surface area contributed by atoms with Crippen LogP contribution >= 0.6 is 0 Å². The SMILES string of the molecule is N#Cc1cc(NCc2cccc3c2OCCCO3)nc2ccc([N+](=O)[O-])cc12. The molecule has 0 unspecified atom stereocenters. The highest BCUT2D eigenvalue weighted by molar-refractivity contribution is 5.88. The molecule has 0 radical (unpaired) electrons. The molecule has 4 rings (SSSR count). The molecule has 1 N–H and O–H groups in total. The highest BCUT2D eigenvalue weighted by Crippen LogP contribution is 2.33. The summed E-state index contributed by atoms with van der Waals surface area (Å²) < 4.78 is 11.5. The number of nitrogens with zero attached hydrogens (tertiary/aromatic N) is 3. The van der Waals surface area contributed by atoms with E-state index < -0.39 is 4.92 Å². The van der Waals surface area contributed by atoms with Crippen LogP contribution in [0.3, 0.4) is 0 Å².